The number of hydrogen-bond donors (Lipinski definition) is 0. The summed E-state index contributed by atoms with van der Waals surface area (Å²) in [6.45, 7) is 1.60. The summed E-state index contributed by atoms with van der Waals surface area (Å²) in [6, 6.07) is 32.0. The Kier molecular flexibility index (Phi) is 12.7. The van der Waals surface area contributed by atoms with E-state index in [-0.39, 0.29) is 0 Å². The van der Waals surface area contributed by atoms with E-state index in [1.54, 1.807) is 0 Å². The number of nitriles is 2. The first-order valence-corrected chi connectivity index (χ1v) is 13.0. The molecule has 5 aromatic rings. The molecule has 13 heteroatoms. The van der Waals surface area contributed by atoms with Crippen LogP contribution in [0.15, 0.2) is 110 Å². The Morgan fingerprint density at radius 3 is 1.31 bits per heavy atom. The minimum Gasteiger partial charge on any atom is -0.860 e. The van der Waals surface area contributed by atoms with Gasteiger partial charge < -0.3 is 14.7 Å². The Morgan fingerprint density at radius 2 is 0.956 bits per heavy atom. The fraction of sp³-hybridized carbons (Fsp3) is 0.0625. The van der Waals surface area contributed by atoms with Gasteiger partial charge in [-0.2, -0.15) is 28.4 Å². The molecule has 0 spiro atoms. The molecule has 2 heterocycles. The van der Waals surface area contributed by atoms with E-state index in [4.69, 9.17) is 10.5 Å². The molecule has 0 unspecified atom stereocenters. The van der Waals surface area contributed by atoms with Gasteiger partial charge in [0.1, 0.15) is 30.6 Å². The molecule has 0 aliphatic rings. The SMILES string of the molecule is N#Cc1ccc[n+](Cc2ccccc2)c1.N#Cc1ccc[n+](Cc2ccccc2)c1.[O-]B([O-])Oc1c(F)c(F)c(F)c(F)c1F. The maximum atomic E-state index is 12.6. The van der Waals surface area contributed by atoms with Gasteiger partial charge in [0, 0.05) is 23.3 Å². The number of aromatic nitrogens is 2. The van der Waals surface area contributed by atoms with Crippen LogP contribution in [0.5, 0.6) is 5.75 Å². The summed E-state index contributed by atoms with van der Waals surface area (Å²) in [5.41, 5.74) is 3.84. The molecular formula is C32H22BF5N4O3. The van der Waals surface area contributed by atoms with Gasteiger partial charge in [-0.15, -0.1) is 0 Å². The number of pyridine rings is 2. The molecule has 0 atom stereocenters. The second-order valence-corrected chi connectivity index (χ2v) is 9.03. The van der Waals surface area contributed by atoms with E-state index >= 15 is 0 Å². The zero-order valence-corrected chi connectivity index (χ0v) is 23.3. The van der Waals surface area contributed by atoms with Gasteiger partial charge in [0.05, 0.1) is 0 Å². The van der Waals surface area contributed by atoms with E-state index in [1.807, 2.05) is 94.6 Å². The topological polar surface area (TPSA) is 111 Å². The molecule has 0 amide bonds. The van der Waals surface area contributed by atoms with Crippen LogP contribution < -0.4 is 23.8 Å². The first kappa shape index (κ1) is 33.9. The van der Waals surface area contributed by atoms with Crippen molar-refractivity contribution in [3.05, 3.63) is 161 Å². The van der Waals surface area contributed by atoms with E-state index in [1.165, 1.54) is 11.1 Å². The Labute approximate surface area is 255 Å². The lowest BCUT2D eigenvalue weighted by Crippen LogP contribution is -2.50. The standard InChI is InChI=1S/2C13H11N2.C6BF5O3/c2*14-9-13-7-4-8-15(11-13)10-12-5-2-1-3-6-12;8-1-2(9)4(11)6(15-7(13)14)5(12)3(1)10/h2*1-8,11H,10H2;/q2*+1;-2. The third-order valence-electron chi connectivity index (χ3n) is 5.77. The molecule has 0 bridgehead atoms. The van der Waals surface area contributed by atoms with Gasteiger partial charge in [0.2, 0.25) is 29.1 Å². The molecule has 45 heavy (non-hydrogen) atoms. The molecule has 0 radical (unpaired) electrons. The predicted octanol–water partition coefficient (Wildman–Crippen LogP) is 3.25. The van der Waals surface area contributed by atoms with Crippen LogP contribution in [0.3, 0.4) is 0 Å². The van der Waals surface area contributed by atoms with Gasteiger partial charge in [0.25, 0.3) is 0 Å². The van der Waals surface area contributed by atoms with Crippen LogP contribution in [-0.4, -0.2) is 7.32 Å². The van der Waals surface area contributed by atoms with Crippen molar-refractivity contribution in [3.63, 3.8) is 0 Å². The summed E-state index contributed by atoms with van der Waals surface area (Å²) in [5, 5.41) is 37.2. The quantitative estimate of drug-likeness (QED) is 0.0957. The Bertz CT molecular complexity index is 1680. The summed E-state index contributed by atoms with van der Waals surface area (Å²) in [6.07, 6.45) is 7.64. The largest absolute Gasteiger partial charge is 0.860 e. The number of rotatable bonds is 6. The van der Waals surface area contributed by atoms with Gasteiger partial charge in [-0.05, 0) is 12.1 Å². The maximum Gasteiger partial charge on any atom is 0.205 e. The van der Waals surface area contributed by atoms with Crippen molar-refractivity contribution >= 4 is 7.32 Å². The van der Waals surface area contributed by atoms with Gasteiger partial charge in [-0.3, -0.25) is 0 Å². The normalized spacial score (nSPS) is 9.80. The lowest BCUT2D eigenvalue weighted by atomic mass is 10.2. The molecule has 0 fully saturated rings. The molecule has 0 aliphatic carbocycles. The third kappa shape index (κ3) is 10.3. The molecule has 0 aliphatic heterocycles. The van der Waals surface area contributed by atoms with Crippen LogP contribution >= 0.6 is 0 Å². The number of benzene rings is 3. The number of halogens is 5. The zero-order valence-electron chi connectivity index (χ0n) is 23.3. The van der Waals surface area contributed by atoms with Gasteiger partial charge >= 0.3 is 0 Å². The Balaban J connectivity index is 0.000000184. The summed E-state index contributed by atoms with van der Waals surface area (Å²) in [4.78, 5) is 0. The second kappa shape index (κ2) is 16.9. The molecule has 226 valence electrons. The molecule has 0 saturated carbocycles. The van der Waals surface area contributed by atoms with Crippen LogP contribution in [0.1, 0.15) is 22.3 Å². The van der Waals surface area contributed by atoms with Crippen molar-refractivity contribution in [2.24, 2.45) is 0 Å². The van der Waals surface area contributed by atoms with Gasteiger partial charge in [-0.25, -0.2) is 13.2 Å². The van der Waals surface area contributed by atoms with Crippen LogP contribution in [0.4, 0.5) is 22.0 Å². The van der Waals surface area contributed by atoms with Crippen LogP contribution in [0, 0.1) is 51.7 Å². The summed E-state index contributed by atoms with van der Waals surface area (Å²) >= 11 is 0. The van der Waals surface area contributed by atoms with Crippen molar-refractivity contribution in [3.8, 4) is 17.9 Å². The fourth-order valence-corrected chi connectivity index (χ4v) is 3.75. The third-order valence-corrected chi connectivity index (χ3v) is 5.77. The average molecular weight is 616 g/mol. The highest BCUT2D eigenvalue weighted by Crippen LogP contribution is 2.28. The van der Waals surface area contributed by atoms with Crippen LogP contribution in [-0.2, 0) is 13.1 Å². The van der Waals surface area contributed by atoms with E-state index < -0.39 is 42.2 Å². The van der Waals surface area contributed by atoms with Crippen molar-refractivity contribution in [2.45, 2.75) is 13.1 Å². The monoisotopic (exact) mass is 616 g/mol. The van der Waals surface area contributed by atoms with Crippen LogP contribution in [0.25, 0.3) is 0 Å². The average Bonchev–Trinajstić information content (AvgIpc) is 3.06. The Hall–Kier alpha value is -5.63. The summed E-state index contributed by atoms with van der Waals surface area (Å²) in [7, 11) is -3.20. The van der Waals surface area contributed by atoms with Gasteiger partial charge in [0.15, 0.2) is 43.6 Å². The van der Waals surface area contributed by atoms with Crippen molar-refractivity contribution in [1.82, 2.24) is 0 Å². The highest BCUT2D eigenvalue weighted by atomic mass is 19.2. The van der Waals surface area contributed by atoms with Gasteiger partial charge in [-0.1, -0.05) is 60.7 Å². The lowest BCUT2D eigenvalue weighted by molar-refractivity contribution is -0.688. The number of nitrogens with zero attached hydrogens (tertiary/aromatic N) is 4. The summed E-state index contributed by atoms with van der Waals surface area (Å²) < 4.78 is 69.9. The van der Waals surface area contributed by atoms with Crippen LogP contribution in [0.2, 0.25) is 0 Å². The molecular weight excluding hydrogens is 594 g/mol. The minimum absolute atomic E-state index is 0.688. The number of hydrogen-bond acceptors (Lipinski definition) is 5. The first-order chi connectivity index (χ1) is 21.6. The van der Waals surface area contributed by atoms with Crippen molar-refractivity contribution < 1.29 is 45.8 Å². The maximum absolute atomic E-state index is 12.6. The summed E-state index contributed by atoms with van der Waals surface area (Å²) in [5.74, 6) is -13.6. The molecule has 5 rings (SSSR count). The molecule has 0 saturated heterocycles. The lowest BCUT2D eigenvalue weighted by Gasteiger charge is -2.27. The van der Waals surface area contributed by atoms with E-state index in [0.29, 0.717) is 11.1 Å². The smallest absolute Gasteiger partial charge is 0.205 e. The van der Waals surface area contributed by atoms with Crippen molar-refractivity contribution in [1.29, 1.82) is 10.5 Å². The van der Waals surface area contributed by atoms with Crippen molar-refractivity contribution in [2.75, 3.05) is 0 Å². The van der Waals surface area contributed by atoms with E-state index in [2.05, 4.69) is 41.1 Å². The second-order valence-electron chi connectivity index (χ2n) is 9.03. The predicted molar refractivity (Wildman–Crippen MR) is 146 cm³/mol. The fourth-order valence-electron chi connectivity index (χ4n) is 3.75. The Morgan fingerprint density at radius 1 is 0.578 bits per heavy atom. The molecule has 3 aromatic carbocycles. The highest BCUT2D eigenvalue weighted by Gasteiger charge is 2.26. The van der Waals surface area contributed by atoms with E-state index in [0.717, 1.165) is 13.1 Å². The molecule has 2 aromatic heterocycles. The minimum atomic E-state index is -3.20. The highest BCUT2D eigenvalue weighted by molar-refractivity contribution is 6.29. The molecule has 7 nitrogen and oxygen atoms in total. The molecule has 0 N–H and O–H groups in total. The zero-order chi connectivity index (χ0) is 32.8. The first-order valence-electron chi connectivity index (χ1n) is 13.0. The van der Waals surface area contributed by atoms with E-state index in [9.17, 15) is 32.0 Å².